The lowest BCUT2D eigenvalue weighted by atomic mass is 9.70. The molecular weight excluding hydrogens is 594 g/mol. The van der Waals surface area contributed by atoms with Crippen molar-refractivity contribution in [2.75, 3.05) is 26.2 Å². The number of alkyl halides is 1. The number of hydrogen-bond donors (Lipinski definition) is 2. The summed E-state index contributed by atoms with van der Waals surface area (Å²) in [5.41, 5.74) is -1.18. The maximum Gasteiger partial charge on any atom is 0.312 e. The molecule has 1 unspecified atom stereocenters. The highest BCUT2D eigenvalue weighted by Crippen LogP contribution is 2.60. The molecule has 3 saturated heterocycles. The SMILES string of the molecule is C=CCCC(=O)NC[C@@H](C)OC(=O)[C@H]1[C@@H]2O[C@@]3(CC2Br)[C@@H]1C(=O)N(CCCO)[C@@H]3C(=O)N(CC=C)C1CCCCC1. The van der Waals surface area contributed by atoms with Gasteiger partial charge >= 0.3 is 5.97 Å². The Morgan fingerprint density at radius 1 is 1.27 bits per heavy atom. The van der Waals surface area contributed by atoms with Crippen molar-refractivity contribution in [3.63, 3.8) is 0 Å². The summed E-state index contributed by atoms with van der Waals surface area (Å²) in [6.45, 7) is 9.74. The molecule has 7 atom stereocenters. The number of carbonyl (C=O) groups excluding carboxylic acids is 4. The van der Waals surface area contributed by atoms with Crippen LogP contribution in [0.4, 0.5) is 0 Å². The number of amides is 3. The number of allylic oxidation sites excluding steroid dienone is 1. The third-order valence-electron chi connectivity index (χ3n) is 8.96. The van der Waals surface area contributed by atoms with Crippen LogP contribution in [-0.2, 0) is 28.7 Å². The van der Waals surface area contributed by atoms with Crippen LogP contribution in [0, 0.1) is 11.8 Å². The van der Waals surface area contributed by atoms with Crippen molar-refractivity contribution >= 4 is 39.6 Å². The Hall–Kier alpha value is -2.24. The normalized spacial score (nSPS) is 31.4. The second-order valence-corrected chi connectivity index (χ2v) is 12.9. The van der Waals surface area contributed by atoms with Crippen LogP contribution in [0.2, 0.25) is 0 Å². The first-order valence-electron chi connectivity index (χ1n) is 14.9. The number of hydrogen-bond acceptors (Lipinski definition) is 7. The lowest BCUT2D eigenvalue weighted by Gasteiger charge is -2.41. The van der Waals surface area contributed by atoms with Gasteiger partial charge < -0.3 is 29.7 Å². The predicted octanol–water partition coefficient (Wildman–Crippen LogP) is 2.48. The van der Waals surface area contributed by atoms with E-state index in [1.807, 2.05) is 4.90 Å². The lowest BCUT2D eigenvalue weighted by molar-refractivity contribution is -0.159. The van der Waals surface area contributed by atoms with E-state index in [0.29, 0.717) is 32.2 Å². The summed E-state index contributed by atoms with van der Waals surface area (Å²) in [6.07, 6.45) is 8.73. The standard InChI is InChI=1S/C30H44BrN3O7/c1-4-6-13-22(36)32-18-19(3)40-29(39)23-24-27(37)34(15-10-16-35)26(30(24)17-21(31)25(23)41-30)28(38)33(14-5-2)20-11-8-7-9-12-20/h4-5,19-21,23-26,35H,1-2,6-18H2,3H3,(H,32,36)/t19-,21?,23-,24+,25-,26-,30+/m1/s1. The molecule has 3 aliphatic heterocycles. The van der Waals surface area contributed by atoms with Gasteiger partial charge in [-0.1, -0.05) is 47.3 Å². The summed E-state index contributed by atoms with van der Waals surface area (Å²) in [7, 11) is 0. The highest BCUT2D eigenvalue weighted by atomic mass is 79.9. The van der Waals surface area contributed by atoms with Gasteiger partial charge in [0.1, 0.15) is 17.7 Å². The van der Waals surface area contributed by atoms with E-state index in [2.05, 4.69) is 34.4 Å². The van der Waals surface area contributed by atoms with E-state index in [0.717, 1.165) is 32.1 Å². The van der Waals surface area contributed by atoms with Gasteiger partial charge in [-0.2, -0.15) is 0 Å². The Morgan fingerprint density at radius 3 is 2.66 bits per heavy atom. The smallest absolute Gasteiger partial charge is 0.312 e. The fraction of sp³-hybridized carbons (Fsp3) is 0.733. The van der Waals surface area contributed by atoms with Crippen molar-refractivity contribution < 1.29 is 33.8 Å². The van der Waals surface area contributed by atoms with E-state index in [4.69, 9.17) is 9.47 Å². The van der Waals surface area contributed by atoms with E-state index in [9.17, 15) is 24.3 Å². The molecule has 0 radical (unpaired) electrons. The largest absolute Gasteiger partial charge is 0.460 e. The molecule has 11 heteroatoms. The molecule has 4 rings (SSSR count). The molecule has 4 fully saturated rings. The van der Waals surface area contributed by atoms with Gasteiger partial charge in [-0.25, -0.2) is 0 Å². The molecule has 1 spiro atoms. The molecule has 41 heavy (non-hydrogen) atoms. The van der Waals surface area contributed by atoms with Crippen LogP contribution in [0.5, 0.6) is 0 Å². The Balaban J connectivity index is 1.58. The number of esters is 1. The number of carbonyl (C=O) groups is 4. The number of halogens is 1. The van der Waals surface area contributed by atoms with Crippen molar-refractivity contribution in [1.82, 2.24) is 15.1 Å². The first-order valence-corrected chi connectivity index (χ1v) is 15.8. The average Bonchev–Trinajstić information content (AvgIpc) is 3.55. The van der Waals surface area contributed by atoms with Gasteiger partial charge in [-0.05, 0) is 39.0 Å². The molecule has 2 bridgehead atoms. The van der Waals surface area contributed by atoms with Gasteiger partial charge in [0.15, 0.2) is 0 Å². The third kappa shape index (κ3) is 6.27. The molecule has 0 aromatic rings. The first-order chi connectivity index (χ1) is 19.7. The van der Waals surface area contributed by atoms with Crippen LogP contribution in [0.1, 0.15) is 64.7 Å². The molecule has 10 nitrogen and oxygen atoms in total. The molecule has 0 aromatic heterocycles. The van der Waals surface area contributed by atoms with E-state index in [-0.39, 0.29) is 48.3 Å². The van der Waals surface area contributed by atoms with Crippen LogP contribution in [-0.4, -0.2) is 99.6 Å². The van der Waals surface area contributed by atoms with Gasteiger partial charge in [0.05, 0.1) is 24.5 Å². The second kappa shape index (κ2) is 13.8. The molecule has 0 aromatic carbocycles. The van der Waals surface area contributed by atoms with Crippen LogP contribution in [0.25, 0.3) is 0 Å². The number of nitrogens with one attached hydrogen (secondary N) is 1. The minimum absolute atomic E-state index is 0.0566. The number of aliphatic hydroxyl groups excluding tert-OH is 1. The summed E-state index contributed by atoms with van der Waals surface area (Å²) in [5, 5.41) is 12.3. The Morgan fingerprint density at radius 2 is 2.00 bits per heavy atom. The monoisotopic (exact) mass is 637 g/mol. The minimum atomic E-state index is -1.18. The summed E-state index contributed by atoms with van der Waals surface area (Å²) in [5.74, 6) is -2.99. The zero-order valence-corrected chi connectivity index (χ0v) is 25.6. The Kier molecular flexibility index (Phi) is 10.7. The molecule has 3 amide bonds. The van der Waals surface area contributed by atoms with Gasteiger partial charge in [-0.15, -0.1) is 13.2 Å². The number of ether oxygens (including phenoxy) is 2. The number of likely N-dealkylation sites (tertiary alicyclic amines) is 1. The van der Waals surface area contributed by atoms with Crippen molar-refractivity contribution in [1.29, 1.82) is 0 Å². The first kappa shape index (κ1) is 31.7. The molecule has 228 valence electrons. The maximum absolute atomic E-state index is 14.4. The third-order valence-corrected chi connectivity index (χ3v) is 9.80. The van der Waals surface area contributed by atoms with Crippen molar-refractivity contribution in [2.45, 2.75) is 99.4 Å². The second-order valence-electron chi connectivity index (χ2n) is 11.7. The van der Waals surface area contributed by atoms with Crippen molar-refractivity contribution in [3.8, 4) is 0 Å². The quantitative estimate of drug-likeness (QED) is 0.170. The number of rotatable bonds is 14. The van der Waals surface area contributed by atoms with Crippen LogP contribution in [0.15, 0.2) is 25.3 Å². The lowest BCUT2D eigenvalue weighted by Crippen LogP contribution is -2.58. The van der Waals surface area contributed by atoms with Gasteiger partial charge in [-0.3, -0.25) is 19.2 Å². The molecule has 3 heterocycles. The topological polar surface area (TPSA) is 125 Å². The Bertz CT molecular complexity index is 1020. The van der Waals surface area contributed by atoms with E-state index in [1.165, 1.54) is 4.90 Å². The average molecular weight is 639 g/mol. The van der Waals surface area contributed by atoms with E-state index >= 15 is 0 Å². The minimum Gasteiger partial charge on any atom is -0.460 e. The molecule has 1 aliphatic carbocycles. The summed E-state index contributed by atoms with van der Waals surface area (Å²) < 4.78 is 12.3. The van der Waals surface area contributed by atoms with Crippen LogP contribution < -0.4 is 5.32 Å². The fourth-order valence-electron chi connectivity index (χ4n) is 7.17. The Labute approximate surface area is 251 Å². The number of nitrogens with zero attached hydrogens (tertiary/aromatic N) is 2. The number of aliphatic hydroxyl groups is 1. The predicted molar refractivity (Wildman–Crippen MR) is 156 cm³/mol. The number of fused-ring (bicyclic) bond motifs is 1. The summed E-state index contributed by atoms with van der Waals surface area (Å²) in [6, 6.07) is -0.848. The van der Waals surface area contributed by atoms with Crippen LogP contribution >= 0.6 is 15.9 Å². The van der Waals surface area contributed by atoms with Crippen molar-refractivity contribution in [2.24, 2.45) is 11.8 Å². The summed E-state index contributed by atoms with van der Waals surface area (Å²) in [4.78, 5) is 57.2. The zero-order valence-electron chi connectivity index (χ0n) is 24.0. The van der Waals surface area contributed by atoms with Crippen LogP contribution in [0.3, 0.4) is 0 Å². The fourth-order valence-corrected chi connectivity index (χ4v) is 8.11. The highest BCUT2D eigenvalue weighted by molar-refractivity contribution is 9.09. The molecule has 4 aliphatic rings. The van der Waals surface area contributed by atoms with E-state index in [1.54, 1.807) is 19.1 Å². The highest BCUT2D eigenvalue weighted by Gasteiger charge is 2.77. The molecule has 2 N–H and O–H groups in total. The van der Waals surface area contributed by atoms with E-state index < -0.39 is 41.7 Å². The maximum atomic E-state index is 14.4. The zero-order chi connectivity index (χ0) is 29.7. The molecular formula is C30H44BrN3O7. The van der Waals surface area contributed by atoms with Gasteiger partial charge in [0.25, 0.3) is 0 Å². The van der Waals surface area contributed by atoms with Gasteiger partial charge in [0, 0.05) is 37.0 Å². The van der Waals surface area contributed by atoms with Crippen molar-refractivity contribution in [3.05, 3.63) is 25.3 Å². The summed E-state index contributed by atoms with van der Waals surface area (Å²) >= 11 is 3.68. The van der Waals surface area contributed by atoms with Gasteiger partial charge in [0.2, 0.25) is 17.7 Å². The molecule has 1 saturated carbocycles.